The lowest BCUT2D eigenvalue weighted by Crippen LogP contribution is -2.49. The largest absolute Gasteiger partial charge is 0.368 e. The monoisotopic (exact) mass is 343 g/mol. The normalized spacial score (nSPS) is 14.6. The number of hydrogen-bond acceptors (Lipinski definition) is 4. The Hall–Kier alpha value is -2.40. The van der Waals surface area contributed by atoms with E-state index in [4.69, 9.17) is 11.6 Å². The molecule has 1 aromatic carbocycles. The number of piperazine rings is 1. The molecule has 0 aliphatic carbocycles. The number of Topliss-reactive ketones (excluding diaryl/α,β-unsaturated/α-hetero) is 1. The zero-order valence-corrected chi connectivity index (χ0v) is 14.2. The molecular formula is C18H18ClN3O2. The second-order valence-electron chi connectivity index (χ2n) is 5.74. The van der Waals surface area contributed by atoms with Gasteiger partial charge in [0.25, 0.3) is 5.91 Å². The lowest BCUT2D eigenvalue weighted by molar-refractivity contribution is 0.0740. The summed E-state index contributed by atoms with van der Waals surface area (Å²) in [5.74, 6) is -0.0323. The Morgan fingerprint density at radius 2 is 1.71 bits per heavy atom. The van der Waals surface area contributed by atoms with Gasteiger partial charge in [0, 0.05) is 48.6 Å². The average molecular weight is 344 g/mol. The first-order chi connectivity index (χ1) is 11.5. The van der Waals surface area contributed by atoms with Gasteiger partial charge in [-0.3, -0.25) is 14.6 Å². The van der Waals surface area contributed by atoms with E-state index in [1.54, 1.807) is 30.2 Å². The minimum atomic E-state index is -0.0934. The van der Waals surface area contributed by atoms with E-state index in [0.29, 0.717) is 29.4 Å². The van der Waals surface area contributed by atoms with Crippen LogP contribution < -0.4 is 4.90 Å². The van der Waals surface area contributed by atoms with Crippen molar-refractivity contribution in [1.29, 1.82) is 0 Å². The zero-order chi connectivity index (χ0) is 17.1. The minimum absolute atomic E-state index is 0.0611. The van der Waals surface area contributed by atoms with Gasteiger partial charge in [0.1, 0.15) is 5.69 Å². The smallest absolute Gasteiger partial charge is 0.272 e. The third kappa shape index (κ3) is 3.57. The molecule has 2 aromatic rings. The number of halogens is 1. The van der Waals surface area contributed by atoms with Gasteiger partial charge in [-0.25, -0.2) is 0 Å². The van der Waals surface area contributed by atoms with Gasteiger partial charge in [0.05, 0.1) is 0 Å². The van der Waals surface area contributed by atoms with Gasteiger partial charge in [0.15, 0.2) is 5.78 Å². The van der Waals surface area contributed by atoms with Crippen molar-refractivity contribution < 1.29 is 9.59 Å². The van der Waals surface area contributed by atoms with Crippen LogP contribution in [0.1, 0.15) is 27.8 Å². The van der Waals surface area contributed by atoms with Crippen LogP contribution in [0.15, 0.2) is 42.6 Å². The van der Waals surface area contributed by atoms with Crippen LogP contribution in [0.5, 0.6) is 0 Å². The van der Waals surface area contributed by atoms with Crippen molar-refractivity contribution in [2.24, 2.45) is 0 Å². The molecule has 0 N–H and O–H groups in total. The van der Waals surface area contributed by atoms with Gasteiger partial charge in [-0.15, -0.1) is 0 Å². The highest BCUT2D eigenvalue weighted by atomic mass is 35.5. The summed E-state index contributed by atoms with van der Waals surface area (Å²) in [6, 6.07) is 10.8. The summed E-state index contributed by atoms with van der Waals surface area (Å²) >= 11 is 5.92. The number of rotatable bonds is 3. The molecule has 1 aliphatic heterocycles. The molecule has 0 saturated carbocycles. The van der Waals surface area contributed by atoms with Crippen LogP contribution in [0.25, 0.3) is 0 Å². The molecule has 1 fully saturated rings. The third-order valence-electron chi connectivity index (χ3n) is 4.15. The summed E-state index contributed by atoms with van der Waals surface area (Å²) in [6.45, 7) is 4.30. The van der Waals surface area contributed by atoms with Gasteiger partial charge in [0.2, 0.25) is 0 Å². The van der Waals surface area contributed by atoms with Crippen molar-refractivity contribution in [3.63, 3.8) is 0 Å². The van der Waals surface area contributed by atoms with E-state index < -0.39 is 0 Å². The van der Waals surface area contributed by atoms with Gasteiger partial charge >= 0.3 is 0 Å². The lowest BCUT2D eigenvalue weighted by Gasteiger charge is -2.36. The second kappa shape index (κ2) is 7.01. The Labute approximate surface area is 145 Å². The number of benzene rings is 1. The molecule has 0 bridgehead atoms. The number of nitrogens with zero attached hydrogens (tertiary/aromatic N) is 3. The molecular weight excluding hydrogens is 326 g/mol. The number of carbonyl (C=O) groups is 2. The van der Waals surface area contributed by atoms with Crippen molar-refractivity contribution in [1.82, 2.24) is 9.88 Å². The molecule has 5 nitrogen and oxygen atoms in total. The third-order valence-corrected chi connectivity index (χ3v) is 4.38. The topological polar surface area (TPSA) is 53.5 Å². The average Bonchev–Trinajstić information content (AvgIpc) is 2.61. The summed E-state index contributed by atoms with van der Waals surface area (Å²) in [5, 5.41) is 0.512. The maximum atomic E-state index is 12.5. The van der Waals surface area contributed by atoms with Crippen molar-refractivity contribution in [3.8, 4) is 0 Å². The fraction of sp³-hybridized carbons (Fsp3) is 0.278. The number of pyridine rings is 1. The molecule has 0 unspecified atom stereocenters. The highest BCUT2D eigenvalue weighted by Crippen LogP contribution is 2.19. The Morgan fingerprint density at radius 1 is 1.04 bits per heavy atom. The first kappa shape index (κ1) is 16.5. The SMILES string of the molecule is CC(=O)c1ccc(N2CCN(C(=O)c3cc(Cl)ccn3)CC2)cc1. The standard InChI is InChI=1S/C18H18ClN3O2/c1-13(23)14-2-4-16(5-3-14)21-8-10-22(11-9-21)18(24)17-12-15(19)6-7-20-17/h2-7,12H,8-11H2,1H3. The maximum absolute atomic E-state index is 12.5. The predicted molar refractivity (Wildman–Crippen MR) is 93.8 cm³/mol. The fourth-order valence-corrected chi connectivity index (χ4v) is 2.92. The Bertz CT molecular complexity index is 753. The quantitative estimate of drug-likeness (QED) is 0.804. The van der Waals surface area contributed by atoms with E-state index in [1.165, 1.54) is 0 Å². The number of carbonyl (C=O) groups excluding carboxylic acids is 2. The van der Waals surface area contributed by atoms with Gasteiger partial charge < -0.3 is 9.80 Å². The molecule has 1 amide bonds. The Balaban J connectivity index is 1.63. The lowest BCUT2D eigenvalue weighted by atomic mass is 10.1. The molecule has 124 valence electrons. The molecule has 0 atom stereocenters. The van der Waals surface area contributed by atoms with E-state index in [-0.39, 0.29) is 11.7 Å². The Kier molecular flexibility index (Phi) is 4.81. The van der Waals surface area contributed by atoms with Crippen LogP contribution >= 0.6 is 11.6 Å². The molecule has 0 spiro atoms. The molecule has 1 saturated heterocycles. The van der Waals surface area contributed by atoms with E-state index in [1.807, 2.05) is 24.3 Å². The summed E-state index contributed by atoms with van der Waals surface area (Å²) in [4.78, 5) is 31.9. The molecule has 3 rings (SSSR count). The molecule has 0 radical (unpaired) electrons. The summed E-state index contributed by atoms with van der Waals surface area (Å²) in [6.07, 6.45) is 1.54. The van der Waals surface area contributed by atoms with E-state index in [9.17, 15) is 9.59 Å². The molecule has 6 heteroatoms. The molecule has 1 aliphatic rings. The van der Waals surface area contributed by atoms with Crippen LogP contribution in [0.4, 0.5) is 5.69 Å². The molecule has 1 aromatic heterocycles. The zero-order valence-electron chi connectivity index (χ0n) is 13.4. The van der Waals surface area contributed by atoms with Crippen LogP contribution in [-0.2, 0) is 0 Å². The molecule has 2 heterocycles. The number of amides is 1. The number of aromatic nitrogens is 1. The predicted octanol–water partition coefficient (Wildman–Crippen LogP) is 2.90. The summed E-state index contributed by atoms with van der Waals surface area (Å²) in [5.41, 5.74) is 2.15. The van der Waals surface area contributed by atoms with E-state index >= 15 is 0 Å². The van der Waals surface area contributed by atoms with E-state index in [2.05, 4.69) is 9.88 Å². The summed E-state index contributed by atoms with van der Waals surface area (Å²) < 4.78 is 0. The second-order valence-corrected chi connectivity index (χ2v) is 6.18. The molecule has 24 heavy (non-hydrogen) atoms. The van der Waals surface area contributed by atoms with Crippen molar-refractivity contribution >= 4 is 29.0 Å². The van der Waals surface area contributed by atoms with Gasteiger partial charge in [-0.05, 0) is 43.3 Å². The van der Waals surface area contributed by atoms with Gasteiger partial charge in [-0.1, -0.05) is 11.6 Å². The highest BCUT2D eigenvalue weighted by Gasteiger charge is 2.23. The van der Waals surface area contributed by atoms with Crippen molar-refractivity contribution in [2.75, 3.05) is 31.1 Å². The van der Waals surface area contributed by atoms with Crippen LogP contribution in [0.3, 0.4) is 0 Å². The first-order valence-corrected chi connectivity index (χ1v) is 8.19. The number of anilines is 1. The van der Waals surface area contributed by atoms with Crippen LogP contribution in [0.2, 0.25) is 5.02 Å². The van der Waals surface area contributed by atoms with Crippen LogP contribution in [-0.4, -0.2) is 47.8 Å². The Morgan fingerprint density at radius 3 is 2.29 bits per heavy atom. The number of ketones is 1. The van der Waals surface area contributed by atoms with E-state index in [0.717, 1.165) is 18.8 Å². The number of hydrogen-bond donors (Lipinski definition) is 0. The van der Waals surface area contributed by atoms with Crippen LogP contribution in [0, 0.1) is 0 Å². The minimum Gasteiger partial charge on any atom is -0.368 e. The summed E-state index contributed by atoms with van der Waals surface area (Å²) in [7, 11) is 0. The first-order valence-electron chi connectivity index (χ1n) is 7.81. The highest BCUT2D eigenvalue weighted by molar-refractivity contribution is 6.30. The van der Waals surface area contributed by atoms with Gasteiger partial charge in [-0.2, -0.15) is 0 Å². The van der Waals surface area contributed by atoms with Crippen molar-refractivity contribution in [2.45, 2.75) is 6.92 Å². The van der Waals surface area contributed by atoms with Crippen molar-refractivity contribution in [3.05, 3.63) is 58.9 Å². The maximum Gasteiger partial charge on any atom is 0.272 e. The fourth-order valence-electron chi connectivity index (χ4n) is 2.76.